The third-order valence-electron chi connectivity index (χ3n) is 3.61. The summed E-state index contributed by atoms with van der Waals surface area (Å²) in [5.74, 6) is -0.196. The third kappa shape index (κ3) is 3.93. The average Bonchev–Trinajstić information content (AvgIpc) is 2.39. The van der Waals surface area contributed by atoms with E-state index in [0.29, 0.717) is 12.6 Å². The van der Waals surface area contributed by atoms with Crippen molar-refractivity contribution in [1.82, 2.24) is 10.2 Å². The molecule has 1 saturated heterocycles. The smallest absolute Gasteiger partial charge is 0.327 e. The second kappa shape index (κ2) is 7.07. The highest BCUT2D eigenvalue weighted by molar-refractivity contribution is 5.80. The van der Waals surface area contributed by atoms with E-state index in [0.717, 1.165) is 32.5 Å². The van der Waals surface area contributed by atoms with Crippen LogP contribution in [0.5, 0.6) is 0 Å². The number of rotatable bonds is 6. The number of hydrogen-bond acceptors (Lipinski definition) is 5. The standard InChI is InChI=1S/C13H26N2O3/c1-5-14-13(2,12(16)18-4)10-15-8-6-11(17-3)7-9-15/h11,14H,5-10H2,1-4H3. The van der Waals surface area contributed by atoms with E-state index in [1.165, 1.54) is 7.11 Å². The van der Waals surface area contributed by atoms with Crippen LogP contribution in [0.3, 0.4) is 0 Å². The molecule has 0 bridgehead atoms. The first-order valence-electron chi connectivity index (χ1n) is 6.64. The molecule has 5 heteroatoms. The van der Waals surface area contributed by atoms with Crippen LogP contribution in [0.2, 0.25) is 0 Å². The van der Waals surface area contributed by atoms with E-state index in [4.69, 9.17) is 9.47 Å². The van der Waals surface area contributed by atoms with Gasteiger partial charge in [-0.2, -0.15) is 0 Å². The average molecular weight is 258 g/mol. The first-order chi connectivity index (χ1) is 8.55. The Bertz CT molecular complexity index is 265. The van der Waals surface area contributed by atoms with E-state index < -0.39 is 5.54 Å². The third-order valence-corrected chi connectivity index (χ3v) is 3.61. The summed E-state index contributed by atoms with van der Waals surface area (Å²) in [6, 6.07) is 0. The number of likely N-dealkylation sites (tertiary alicyclic amines) is 1. The van der Waals surface area contributed by atoms with Crippen molar-refractivity contribution in [1.29, 1.82) is 0 Å². The summed E-state index contributed by atoms with van der Waals surface area (Å²) >= 11 is 0. The van der Waals surface area contributed by atoms with E-state index in [-0.39, 0.29) is 5.97 Å². The van der Waals surface area contributed by atoms with Gasteiger partial charge < -0.3 is 19.7 Å². The molecular formula is C13H26N2O3. The van der Waals surface area contributed by atoms with Gasteiger partial charge in [-0.3, -0.25) is 4.79 Å². The fraction of sp³-hybridized carbons (Fsp3) is 0.923. The van der Waals surface area contributed by atoms with Crippen LogP contribution in [-0.4, -0.2) is 62.9 Å². The lowest BCUT2D eigenvalue weighted by molar-refractivity contribution is -0.149. The maximum Gasteiger partial charge on any atom is 0.327 e. The Morgan fingerprint density at radius 2 is 2.00 bits per heavy atom. The number of methoxy groups -OCH3 is 2. The molecule has 1 fully saturated rings. The van der Waals surface area contributed by atoms with E-state index >= 15 is 0 Å². The molecule has 0 saturated carbocycles. The Morgan fingerprint density at radius 3 is 2.44 bits per heavy atom. The normalized spacial score (nSPS) is 21.6. The number of ether oxygens (including phenoxy) is 2. The van der Waals surface area contributed by atoms with Gasteiger partial charge >= 0.3 is 5.97 Å². The molecule has 0 aliphatic carbocycles. The monoisotopic (exact) mass is 258 g/mol. The van der Waals surface area contributed by atoms with Crippen LogP contribution in [0.4, 0.5) is 0 Å². The van der Waals surface area contributed by atoms with Crippen molar-refractivity contribution in [2.45, 2.75) is 38.3 Å². The van der Waals surface area contributed by atoms with E-state index in [2.05, 4.69) is 10.2 Å². The van der Waals surface area contributed by atoms with Crippen LogP contribution < -0.4 is 5.32 Å². The van der Waals surface area contributed by atoms with Crippen molar-refractivity contribution in [2.24, 2.45) is 0 Å². The zero-order valence-electron chi connectivity index (χ0n) is 12.0. The maximum atomic E-state index is 11.9. The SMILES string of the molecule is CCNC(C)(CN1CCC(OC)CC1)C(=O)OC. The van der Waals surface area contributed by atoms with Crippen molar-refractivity contribution < 1.29 is 14.3 Å². The Hall–Kier alpha value is -0.650. The number of esters is 1. The number of piperidine rings is 1. The number of hydrogen-bond donors (Lipinski definition) is 1. The zero-order chi connectivity index (χ0) is 13.6. The molecule has 0 spiro atoms. The fourth-order valence-electron chi connectivity index (χ4n) is 2.56. The minimum atomic E-state index is -0.622. The number of nitrogens with zero attached hydrogens (tertiary/aromatic N) is 1. The van der Waals surface area contributed by atoms with Gasteiger partial charge in [0.05, 0.1) is 13.2 Å². The minimum Gasteiger partial charge on any atom is -0.468 e. The predicted molar refractivity (Wildman–Crippen MR) is 70.6 cm³/mol. The molecule has 1 rings (SSSR count). The first-order valence-corrected chi connectivity index (χ1v) is 6.64. The van der Waals surface area contributed by atoms with Crippen LogP contribution in [0.1, 0.15) is 26.7 Å². The molecular weight excluding hydrogens is 232 g/mol. The van der Waals surface area contributed by atoms with Gasteiger partial charge in [0.2, 0.25) is 0 Å². The molecule has 0 amide bonds. The molecule has 1 atom stereocenters. The van der Waals surface area contributed by atoms with Crippen molar-refractivity contribution in [3.8, 4) is 0 Å². The molecule has 106 valence electrons. The second-order valence-corrected chi connectivity index (χ2v) is 5.07. The molecule has 1 unspecified atom stereocenters. The molecule has 1 aliphatic rings. The summed E-state index contributed by atoms with van der Waals surface area (Å²) in [5, 5.41) is 3.23. The molecule has 0 radical (unpaired) electrons. The lowest BCUT2D eigenvalue weighted by Crippen LogP contribution is -2.58. The molecule has 0 aromatic heterocycles. The van der Waals surface area contributed by atoms with Gasteiger partial charge in [0.15, 0.2) is 0 Å². The van der Waals surface area contributed by atoms with Crippen molar-refractivity contribution >= 4 is 5.97 Å². The lowest BCUT2D eigenvalue weighted by Gasteiger charge is -2.37. The number of likely N-dealkylation sites (N-methyl/N-ethyl adjacent to an activating group) is 1. The number of carbonyl (C=O) groups is 1. The summed E-state index contributed by atoms with van der Waals surface area (Å²) in [5.41, 5.74) is -0.622. The predicted octanol–water partition coefficient (Wildman–Crippen LogP) is 0.638. The van der Waals surface area contributed by atoms with Crippen LogP contribution in [0, 0.1) is 0 Å². The van der Waals surface area contributed by atoms with E-state index in [1.54, 1.807) is 7.11 Å². The van der Waals surface area contributed by atoms with Gasteiger partial charge in [-0.1, -0.05) is 6.92 Å². The van der Waals surface area contributed by atoms with Gasteiger partial charge in [-0.05, 0) is 26.3 Å². The van der Waals surface area contributed by atoms with Crippen LogP contribution in [0.25, 0.3) is 0 Å². The maximum absolute atomic E-state index is 11.9. The minimum absolute atomic E-state index is 0.196. The largest absolute Gasteiger partial charge is 0.468 e. The molecule has 5 nitrogen and oxygen atoms in total. The van der Waals surface area contributed by atoms with Gasteiger partial charge in [0.1, 0.15) is 5.54 Å². The molecule has 0 aromatic rings. The summed E-state index contributed by atoms with van der Waals surface area (Å²) in [7, 11) is 3.20. The molecule has 1 heterocycles. The van der Waals surface area contributed by atoms with E-state index in [9.17, 15) is 4.79 Å². The second-order valence-electron chi connectivity index (χ2n) is 5.07. The van der Waals surface area contributed by atoms with Gasteiger partial charge in [-0.25, -0.2) is 0 Å². The molecule has 1 N–H and O–H groups in total. The topological polar surface area (TPSA) is 50.8 Å². The van der Waals surface area contributed by atoms with Crippen LogP contribution in [-0.2, 0) is 14.3 Å². The molecule has 18 heavy (non-hydrogen) atoms. The van der Waals surface area contributed by atoms with Gasteiger partial charge in [0, 0.05) is 26.7 Å². The van der Waals surface area contributed by atoms with Crippen molar-refractivity contribution in [3.63, 3.8) is 0 Å². The number of carbonyl (C=O) groups excluding carboxylic acids is 1. The number of nitrogens with one attached hydrogen (secondary N) is 1. The van der Waals surface area contributed by atoms with Crippen LogP contribution in [0.15, 0.2) is 0 Å². The fourth-order valence-corrected chi connectivity index (χ4v) is 2.56. The summed E-state index contributed by atoms with van der Waals surface area (Å²) in [4.78, 5) is 14.2. The van der Waals surface area contributed by atoms with Crippen LogP contribution >= 0.6 is 0 Å². The zero-order valence-corrected chi connectivity index (χ0v) is 12.0. The highest BCUT2D eigenvalue weighted by Gasteiger charge is 2.36. The van der Waals surface area contributed by atoms with E-state index in [1.807, 2.05) is 13.8 Å². The summed E-state index contributed by atoms with van der Waals surface area (Å²) in [6.07, 6.45) is 2.42. The quantitative estimate of drug-likeness (QED) is 0.709. The molecule has 0 aromatic carbocycles. The Labute approximate surface area is 110 Å². The highest BCUT2D eigenvalue weighted by Crippen LogP contribution is 2.16. The lowest BCUT2D eigenvalue weighted by atomic mass is 9.99. The first kappa shape index (κ1) is 15.4. The van der Waals surface area contributed by atoms with Gasteiger partial charge in [0.25, 0.3) is 0 Å². The highest BCUT2D eigenvalue weighted by atomic mass is 16.5. The Kier molecular flexibility index (Phi) is 6.05. The summed E-state index contributed by atoms with van der Waals surface area (Å²) < 4.78 is 10.3. The Balaban J connectivity index is 2.54. The van der Waals surface area contributed by atoms with Crippen molar-refractivity contribution in [3.05, 3.63) is 0 Å². The summed E-state index contributed by atoms with van der Waals surface area (Å²) in [6.45, 7) is 7.28. The van der Waals surface area contributed by atoms with Gasteiger partial charge in [-0.15, -0.1) is 0 Å². The van der Waals surface area contributed by atoms with Crippen molar-refractivity contribution in [2.75, 3.05) is 40.4 Å². The molecule has 1 aliphatic heterocycles. The Morgan fingerprint density at radius 1 is 1.39 bits per heavy atom.